The Kier molecular flexibility index (Phi) is 1.94. The van der Waals surface area contributed by atoms with Gasteiger partial charge < -0.3 is 14.6 Å². The molecule has 1 aliphatic rings. The SMILES string of the molecule is COc1ccc(C2(O)COC2)cn1. The smallest absolute Gasteiger partial charge is 0.212 e. The van der Waals surface area contributed by atoms with Gasteiger partial charge in [0.1, 0.15) is 5.60 Å². The largest absolute Gasteiger partial charge is 0.481 e. The number of aliphatic hydroxyl groups is 1. The van der Waals surface area contributed by atoms with Gasteiger partial charge in [-0.25, -0.2) is 4.98 Å². The van der Waals surface area contributed by atoms with Crippen molar-refractivity contribution in [2.75, 3.05) is 20.3 Å². The summed E-state index contributed by atoms with van der Waals surface area (Å²) in [6, 6.07) is 3.53. The Morgan fingerprint density at radius 1 is 1.54 bits per heavy atom. The van der Waals surface area contributed by atoms with Gasteiger partial charge in [0.2, 0.25) is 5.88 Å². The van der Waals surface area contributed by atoms with Crippen molar-refractivity contribution in [2.45, 2.75) is 5.60 Å². The van der Waals surface area contributed by atoms with Gasteiger partial charge in [0.05, 0.1) is 20.3 Å². The molecule has 1 saturated heterocycles. The molecule has 0 aliphatic carbocycles. The van der Waals surface area contributed by atoms with E-state index < -0.39 is 5.60 Å². The van der Waals surface area contributed by atoms with Crippen molar-refractivity contribution >= 4 is 0 Å². The van der Waals surface area contributed by atoms with Crippen molar-refractivity contribution in [3.05, 3.63) is 23.9 Å². The van der Waals surface area contributed by atoms with Crippen LogP contribution in [0.1, 0.15) is 5.56 Å². The monoisotopic (exact) mass is 181 g/mol. The van der Waals surface area contributed by atoms with Gasteiger partial charge in [0.15, 0.2) is 0 Å². The number of nitrogens with zero attached hydrogens (tertiary/aromatic N) is 1. The molecule has 0 aromatic carbocycles. The van der Waals surface area contributed by atoms with Crippen molar-refractivity contribution in [1.29, 1.82) is 0 Å². The third-order valence-electron chi connectivity index (χ3n) is 2.16. The predicted molar refractivity (Wildman–Crippen MR) is 45.5 cm³/mol. The first-order chi connectivity index (χ1) is 6.24. The molecule has 1 aliphatic heterocycles. The third-order valence-corrected chi connectivity index (χ3v) is 2.16. The first-order valence-electron chi connectivity index (χ1n) is 4.05. The fourth-order valence-corrected chi connectivity index (χ4v) is 1.24. The number of rotatable bonds is 2. The minimum atomic E-state index is -0.834. The predicted octanol–water partition coefficient (Wildman–Crippen LogP) is 0.308. The van der Waals surface area contributed by atoms with Crippen molar-refractivity contribution in [2.24, 2.45) is 0 Å². The van der Waals surface area contributed by atoms with E-state index in [9.17, 15) is 5.11 Å². The Morgan fingerprint density at radius 2 is 2.31 bits per heavy atom. The Balaban J connectivity index is 2.22. The van der Waals surface area contributed by atoms with Crippen molar-refractivity contribution in [3.8, 4) is 5.88 Å². The average Bonchev–Trinajstić information content (AvgIpc) is 2.14. The summed E-state index contributed by atoms with van der Waals surface area (Å²) in [5, 5.41) is 9.84. The maximum absolute atomic E-state index is 9.84. The van der Waals surface area contributed by atoms with Crippen LogP contribution in [0, 0.1) is 0 Å². The highest BCUT2D eigenvalue weighted by atomic mass is 16.5. The average molecular weight is 181 g/mol. The number of methoxy groups -OCH3 is 1. The second-order valence-corrected chi connectivity index (χ2v) is 3.11. The molecule has 2 heterocycles. The van der Waals surface area contributed by atoms with Crippen molar-refractivity contribution < 1.29 is 14.6 Å². The van der Waals surface area contributed by atoms with Crippen LogP contribution in [0.5, 0.6) is 5.88 Å². The molecule has 4 nitrogen and oxygen atoms in total. The lowest BCUT2D eigenvalue weighted by Gasteiger charge is -2.36. The normalized spacial score (nSPS) is 19.2. The Morgan fingerprint density at radius 3 is 2.69 bits per heavy atom. The molecule has 0 amide bonds. The van der Waals surface area contributed by atoms with Crippen LogP contribution >= 0.6 is 0 Å². The van der Waals surface area contributed by atoms with E-state index in [0.29, 0.717) is 19.1 Å². The first-order valence-corrected chi connectivity index (χ1v) is 4.05. The Labute approximate surface area is 76.1 Å². The molecule has 1 aromatic rings. The first kappa shape index (κ1) is 8.47. The molecule has 0 bridgehead atoms. The second-order valence-electron chi connectivity index (χ2n) is 3.11. The summed E-state index contributed by atoms with van der Waals surface area (Å²) in [5.41, 5.74) is -0.0567. The fraction of sp³-hybridized carbons (Fsp3) is 0.444. The van der Waals surface area contributed by atoms with Crippen LogP contribution in [0.3, 0.4) is 0 Å². The highest BCUT2D eigenvalue weighted by Crippen LogP contribution is 2.29. The number of hydrogen-bond acceptors (Lipinski definition) is 4. The molecule has 0 unspecified atom stereocenters. The van der Waals surface area contributed by atoms with E-state index in [-0.39, 0.29) is 0 Å². The summed E-state index contributed by atoms with van der Waals surface area (Å²) in [6.45, 7) is 0.696. The molecular weight excluding hydrogens is 170 g/mol. The van der Waals surface area contributed by atoms with Crippen molar-refractivity contribution in [3.63, 3.8) is 0 Å². The minimum Gasteiger partial charge on any atom is -0.481 e. The lowest BCUT2D eigenvalue weighted by atomic mass is 9.94. The van der Waals surface area contributed by atoms with Gasteiger partial charge >= 0.3 is 0 Å². The number of ether oxygens (including phenoxy) is 2. The van der Waals surface area contributed by atoms with Gasteiger partial charge in [-0.05, 0) is 6.07 Å². The lowest BCUT2D eigenvalue weighted by molar-refractivity contribution is -0.184. The van der Waals surface area contributed by atoms with Gasteiger partial charge in [-0.3, -0.25) is 0 Å². The van der Waals surface area contributed by atoms with Gasteiger partial charge in [0, 0.05) is 17.8 Å². The minimum absolute atomic E-state index is 0.348. The van der Waals surface area contributed by atoms with Crippen LogP contribution in [0.4, 0.5) is 0 Å². The van der Waals surface area contributed by atoms with Gasteiger partial charge in [0.25, 0.3) is 0 Å². The van der Waals surface area contributed by atoms with Crippen LogP contribution in [-0.4, -0.2) is 30.4 Å². The van der Waals surface area contributed by atoms with Crippen LogP contribution in [-0.2, 0) is 10.3 Å². The summed E-state index contributed by atoms with van der Waals surface area (Å²) in [7, 11) is 1.56. The van der Waals surface area contributed by atoms with E-state index in [1.165, 1.54) is 0 Å². The molecule has 1 fully saturated rings. The highest BCUT2D eigenvalue weighted by Gasteiger charge is 2.38. The van der Waals surface area contributed by atoms with Gasteiger partial charge in [-0.2, -0.15) is 0 Å². The molecule has 2 rings (SSSR count). The maximum Gasteiger partial charge on any atom is 0.212 e. The molecule has 0 atom stereocenters. The molecule has 0 spiro atoms. The molecule has 4 heteroatoms. The highest BCUT2D eigenvalue weighted by molar-refractivity contribution is 5.25. The molecule has 0 saturated carbocycles. The zero-order chi connectivity index (χ0) is 9.31. The van der Waals surface area contributed by atoms with E-state index in [4.69, 9.17) is 9.47 Å². The molecular formula is C9H11NO3. The summed E-state index contributed by atoms with van der Waals surface area (Å²) < 4.78 is 9.85. The van der Waals surface area contributed by atoms with E-state index >= 15 is 0 Å². The quantitative estimate of drug-likeness (QED) is 0.713. The lowest BCUT2D eigenvalue weighted by Crippen LogP contribution is -2.46. The Bertz CT molecular complexity index is 292. The summed E-state index contributed by atoms with van der Waals surface area (Å²) in [5.74, 6) is 0.549. The standard InChI is InChI=1S/C9H11NO3/c1-12-8-3-2-7(4-10-8)9(11)5-13-6-9/h2-4,11H,5-6H2,1H3. The van der Waals surface area contributed by atoms with Crippen LogP contribution in [0.15, 0.2) is 18.3 Å². The summed E-state index contributed by atoms with van der Waals surface area (Å²) >= 11 is 0. The second kappa shape index (κ2) is 2.97. The summed E-state index contributed by atoms with van der Waals surface area (Å²) in [6.07, 6.45) is 1.61. The van der Waals surface area contributed by atoms with E-state index in [0.717, 1.165) is 5.56 Å². The Hall–Kier alpha value is -1.13. The van der Waals surface area contributed by atoms with Crippen LogP contribution in [0.25, 0.3) is 0 Å². The fourth-order valence-electron chi connectivity index (χ4n) is 1.24. The van der Waals surface area contributed by atoms with E-state index in [2.05, 4.69) is 4.98 Å². The molecule has 1 N–H and O–H groups in total. The maximum atomic E-state index is 9.84. The van der Waals surface area contributed by atoms with Crippen molar-refractivity contribution in [1.82, 2.24) is 4.98 Å². The summed E-state index contributed by atoms with van der Waals surface area (Å²) in [4.78, 5) is 4.01. The molecule has 1 aromatic heterocycles. The molecule has 70 valence electrons. The number of aromatic nitrogens is 1. The van der Waals surface area contributed by atoms with Gasteiger partial charge in [-0.1, -0.05) is 0 Å². The van der Waals surface area contributed by atoms with Crippen LogP contribution in [0.2, 0.25) is 0 Å². The number of pyridine rings is 1. The van der Waals surface area contributed by atoms with E-state index in [1.807, 2.05) is 0 Å². The third kappa shape index (κ3) is 1.38. The number of hydrogen-bond donors (Lipinski definition) is 1. The van der Waals surface area contributed by atoms with E-state index in [1.54, 1.807) is 25.4 Å². The molecule has 13 heavy (non-hydrogen) atoms. The van der Waals surface area contributed by atoms with Gasteiger partial charge in [-0.15, -0.1) is 0 Å². The zero-order valence-corrected chi connectivity index (χ0v) is 7.36. The molecule has 0 radical (unpaired) electrons. The zero-order valence-electron chi connectivity index (χ0n) is 7.36. The topological polar surface area (TPSA) is 51.6 Å². The van der Waals surface area contributed by atoms with Crippen LogP contribution < -0.4 is 4.74 Å².